The molecule has 3 heterocycles. The van der Waals surface area contributed by atoms with Crippen LogP contribution >= 0.6 is 0 Å². The number of nitro benzene ring substituents is 1. The Labute approximate surface area is 130 Å². The summed E-state index contributed by atoms with van der Waals surface area (Å²) in [6.07, 6.45) is 2.90. The maximum Gasteiger partial charge on any atom is 0.310 e. The van der Waals surface area contributed by atoms with E-state index in [9.17, 15) is 24.8 Å². The second-order valence-corrected chi connectivity index (χ2v) is 5.94. The van der Waals surface area contributed by atoms with Crippen LogP contribution < -0.4 is 4.90 Å². The quantitative estimate of drug-likeness (QED) is 0.505. The summed E-state index contributed by atoms with van der Waals surface area (Å²) >= 11 is 0. The average Bonchev–Trinajstić information content (AvgIpc) is 3.15. The van der Waals surface area contributed by atoms with Crippen molar-refractivity contribution < 1.29 is 24.4 Å². The maximum atomic E-state index is 12.7. The van der Waals surface area contributed by atoms with Crippen LogP contribution in [0, 0.1) is 22.0 Å². The van der Waals surface area contributed by atoms with E-state index >= 15 is 0 Å². The van der Waals surface area contributed by atoms with Crippen molar-refractivity contribution in [2.24, 2.45) is 11.8 Å². The number of carboxylic acids is 1. The van der Waals surface area contributed by atoms with Crippen molar-refractivity contribution in [3.05, 3.63) is 46.5 Å². The molecule has 3 aliphatic heterocycles. The third kappa shape index (κ3) is 1.75. The number of carbonyl (C=O) groups is 2. The van der Waals surface area contributed by atoms with E-state index in [-0.39, 0.29) is 18.1 Å². The summed E-state index contributed by atoms with van der Waals surface area (Å²) in [7, 11) is 0. The Kier molecular flexibility index (Phi) is 2.65. The zero-order chi connectivity index (χ0) is 16.4. The molecule has 4 rings (SSSR count). The molecule has 23 heavy (non-hydrogen) atoms. The summed E-state index contributed by atoms with van der Waals surface area (Å²) in [5.74, 6) is -3.02. The van der Waals surface area contributed by atoms with E-state index in [1.165, 1.54) is 29.2 Å². The van der Waals surface area contributed by atoms with Gasteiger partial charge in [0.1, 0.15) is 11.5 Å². The number of carbonyl (C=O) groups excluding carboxylic acids is 1. The molecule has 1 aromatic carbocycles. The monoisotopic (exact) mass is 316 g/mol. The van der Waals surface area contributed by atoms with Crippen LogP contribution in [0.1, 0.15) is 0 Å². The number of nitrogens with zero attached hydrogens (tertiary/aromatic N) is 2. The number of carboxylic acid groups (broad SMARTS) is 1. The van der Waals surface area contributed by atoms with E-state index in [1.54, 1.807) is 12.2 Å². The Hall–Kier alpha value is -2.74. The number of amides is 1. The lowest BCUT2D eigenvalue weighted by Gasteiger charge is -2.21. The molecule has 1 aromatic rings. The van der Waals surface area contributed by atoms with Gasteiger partial charge in [-0.3, -0.25) is 19.7 Å². The summed E-state index contributed by atoms with van der Waals surface area (Å²) in [5.41, 5.74) is -0.486. The Balaban J connectivity index is 1.69. The Bertz CT molecular complexity index is 758. The molecule has 0 saturated carbocycles. The average molecular weight is 316 g/mol. The standard InChI is InChI=1S/C15H12N2O6/c18-13-12-11(14(19)20)10-5-6-15(12,23-10)7-16(13)8-1-3-9(4-2-8)17(21)22/h1-6,10-12H,7H2,(H,19,20)/t10-,11-,12+,15-/m0/s1. The molecule has 2 fully saturated rings. The normalized spacial score (nSPS) is 34.0. The number of hydrogen-bond donors (Lipinski definition) is 1. The van der Waals surface area contributed by atoms with Gasteiger partial charge >= 0.3 is 5.97 Å². The lowest BCUT2D eigenvalue weighted by Crippen LogP contribution is -2.39. The van der Waals surface area contributed by atoms with E-state index in [0.717, 1.165) is 0 Å². The van der Waals surface area contributed by atoms with Gasteiger partial charge in [0.05, 0.1) is 23.5 Å². The highest BCUT2D eigenvalue weighted by molar-refractivity contribution is 6.02. The molecule has 2 bridgehead atoms. The van der Waals surface area contributed by atoms with Crippen molar-refractivity contribution >= 4 is 23.3 Å². The van der Waals surface area contributed by atoms with Crippen molar-refractivity contribution in [3.8, 4) is 0 Å². The number of benzene rings is 1. The molecule has 2 saturated heterocycles. The molecule has 0 unspecified atom stereocenters. The molecule has 0 radical (unpaired) electrons. The van der Waals surface area contributed by atoms with Gasteiger partial charge in [0.2, 0.25) is 5.91 Å². The van der Waals surface area contributed by atoms with Gasteiger partial charge in [0, 0.05) is 17.8 Å². The van der Waals surface area contributed by atoms with Gasteiger partial charge in [-0.2, -0.15) is 0 Å². The van der Waals surface area contributed by atoms with Crippen LogP contribution in [0.2, 0.25) is 0 Å². The second-order valence-electron chi connectivity index (χ2n) is 5.94. The van der Waals surface area contributed by atoms with Crippen LogP contribution in [0.15, 0.2) is 36.4 Å². The fraction of sp³-hybridized carbons (Fsp3) is 0.333. The Morgan fingerprint density at radius 3 is 2.70 bits per heavy atom. The van der Waals surface area contributed by atoms with Crippen LogP contribution in [-0.4, -0.2) is 40.2 Å². The van der Waals surface area contributed by atoms with E-state index in [2.05, 4.69) is 0 Å². The Morgan fingerprint density at radius 1 is 1.39 bits per heavy atom. The van der Waals surface area contributed by atoms with Crippen LogP contribution in [0.3, 0.4) is 0 Å². The molecule has 0 aliphatic carbocycles. The predicted octanol–water partition coefficient (Wildman–Crippen LogP) is 0.966. The molecule has 3 aliphatic rings. The van der Waals surface area contributed by atoms with Gasteiger partial charge in [0.15, 0.2) is 0 Å². The third-order valence-corrected chi connectivity index (χ3v) is 4.76. The largest absolute Gasteiger partial charge is 0.481 e. The van der Waals surface area contributed by atoms with Crippen molar-refractivity contribution in [2.75, 3.05) is 11.4 Å². The highest BCUT2D eigenvalue weighted by Crippen LogP contribution is 2.52. The summed E-state index contributed by atoms with van der Waals surface area (Å²) in [6, 6.07) is 5.60. The minimum Gasteiger partial charge on any atom is -0.481 e. The molecule has 1 amide bonds. The van der Waals surface area contributed by atoms with Crippen LogP contribution in [0.5, 0.6) is 0 Å². The van der Waals surface area contributed by atoms with Crippen molar-refractivity contribution in [1.82, 2.24) is 0 Å². The van der Waals surface area contributed by atoms with Crippen LogP contribution in [0.4, 0.5) is 11.4 Å². The molecule has 4 atom stereocenters. The molecular weight excluding hydrogens is 304 g/mol. The van der Waals surface area contributed by atoms with Crippen molar-refractivity contribution in [2.45, 2.75) is 11.7 Å². The van der Waals surface area contributed by atoms with Gasteiger partial charge in [-0.05, 0) is 12.1 Å². The van der Waals surface area contributed by atoms with E-state index in [0.29, 0.717) is 5.69 Å². The van der Waals surface area contributed by atoms with Crippen molar-refractivity contribution in [3.63, 3.8) is 0 Å². The molecule has 0 aromatic heterocycles. The van der Waals surface area contributed by atoms with Gasteiger partial charge in [-0.15, -0.1) is 0 Å². The summed E-state index contributed by atoms with van der Waals surface area (Å²) in [6.45, 7) is 0.213. The third-order valence-electron chi connectivity index (χ3n) is 4.76. The first-order valence-electron chi connectivity index (χ1n) is 7.09. The fourth-order valence-electron chi connectivity index (χ4n) is 3.75. The molecule has 1 N–H and O–H groups in total. The number of aliphatic carboxylic acids is 1. The van der Waals surface area contributed by atoms with E-state index < -0.39 is 34.4 Å². The maximum absolute atomic E-state index is 12.7. The molecule has 8 nitrogen and oxygen atoms in total. The number of fused-ring (bicyclic) bond motifs is 1. The number of ether oxygens (including phenoxy) is 1. The highest BCUT2D eigenvalue weighted by Gasteiger charge is 2.67. The number of hydrogen-bond acceptors (Lipinski definition) is 5. The fourth-order valence-corrected chi connectivity index (χ4v) is 3.75. The zero-order valence-corrected chi connectivity index (χ0v) is 11.8. The summed E-state index contributed by atoms with van der Waals surface area (Å²) in [4.78, 5) is 35.8. The first kappa shape index (κ1) is 13.9. The van der Waals surface area contributed by atoms with Gasteiger partial charge in [-0.25, -0.2) is 0 Å². The van der Waals surface area contributed by atoms with Gasteiger partial charge < -0.3 is 14.7 Å². The number of nitro groups is 1. The van der Waals surface area contributed by atoms with Gasteiger partial charge in [-0.1, -0.05) is 12.2 Å². The lowest BCUT2D eigenvalue weighted by atomic mass is 9.77. The van der Waals surface area contributed by atoms with Crippen molar-refractivity contribution in [1.29, 1.82) is 0 Å². The van der Waals surface area contributed by atoms with E-state index in [4.69, 9.17) is 4.74 Å². The molecular formula is C15H12N2O6. The second kappa shape index (κ2) is 4.39. The highest BCUT2D eigenvalue weighted by atomic mass is 16.6. The molecule has 118 valence electrons. The number of non-ortho nitro benzene ring substituents is 1. The minimum absolute atomic E-state index is 0.0701. The summed E-state index contributed by atoms with van der Waals surface area (Å²) < 4.78 is 5.78. The SMILES string of the molecule is O=C(O)[C@H]1[C@@H]2C=C[C@@]3(CN(c4ccc([N+](=O)[O-])cc4)C(=O)[C@@H]13)O2. The molecule has 8 heteroatoms. The smallest absolute Gasteiger partial charge is 0.310 e. The topological polar surface area (TPSA) is 110 Å². The molecule has 1 spiro atoms. The lowest BCUT2D eigenvalue weighted by molar-refractivity contribution is -0.384. The first-order valence-corrected chi connectivity index (χ1v) is 7.09. The van der Waals surface area contributed by atoms with E-state index in [1.807, 2.05) is 0 Å². The Morgan fingerprint density at radius 2 is 2.09 bits per heavy atom. The summed E-state index contributed by atoms with van der Waals surface area (Å²) in [5, 5.41) is 20.1. The van der Waals surface area contributed by atoms with Gasteiger partial charge in [0.25, 0.3) is 5.69 Å². The minimum atomic E-state index is -1.05. The number of anilines is 1. The van der Waals surface area contributed by atoms with Crippen LogP contribution in [-0.2, 0) is 14.3 Å². The number of rotatable bonds is 3. The zero-order valence-electron chi connectivity index (χ0n) is 11.8. The predicted molar refractivity (Wildman–Crippen MR) is 76.8 cm³/mol. The van der Waals surface area contributed by atoms with Crippen LogP contribution in [0.25, 0.3) is 0 Å². The first-order chi connectivity index (χ1) is 10.9.